The maximum Gasteiger partial charge on any atom is 0.262 e. The second-order valence-corrected chi connectivity index (χ2v) is 9.65. The van der Waals surface area contributed by atoms with E-state index in [9.17, 15) is 18.0 Å². The summed E-state index contributed by atoms with van der Waals surface area (Å²) in [6, 6.07) is 10.7. The van der Waals surface area contributed by atoms with Gasteiger partial charge < -0.3 is 10.6 Å². The van der Waals surface area contributed by atoms with Crippen molar-refractivity contribution < 1.29 is 18.0 Å². The van der Waals surface area contributed by atoms with E-state index in [1.54, 1.807) is 50.2 Å². The number of halogens is 1. The van der Waals surface area contributed by atoms with E-state index in [-0.39, 0.29) is 16.7 Å². The molecule has 0 spiro atoms. The van der Waals surface area contributed by atoms with E-state index in [0.717, 1.165) is 17.3 Å². The monoisotopic (exact) mass is 479 g/mol. The number of nitrogens with one attached hydrogen (secondary N) is 3. The molecule has 2 amide bonds. The Bertz CT molecular complexity index is 1030. The van der Waals surface area contributed by atoms with Gasteiger partial charge >= 0.3 is 0 Å². The third kappa shape index (κ3) is 5.57. The van der Waals surface area contributed by atoms with Crippen LogP contribution >= 0.6 is 15.9 Å². The van der Waals surface area contributed by atoms with Gasteiger partial charge in [-0.05, 0) is 68.7 Å². The first-order valence-corrected chi connectivity index (χ1v) is 11.4. The van der Waals surface area contributed by atoms with Gasteiger partial charge in [-0.25, -0.2) is 8.42 Å². The molecule has 0 aromatic heterocycles. The zero-order valence-corrected chi connectivity index (χ0v) is 18.4. The molecule has 1 saturated carbocycles. The lowest BCUT2D eigenvalue weighted by molar-refractivity contribution is -0.127. The van der Waals surface area contributed by atoms with Crippen LogP contribution in [0.15, 0.2) is 51.8 Å². The molecular weight excluding hydrogens is 458 g/mol. The molecule has 0 saturated heterocycles. The number of carbonyl (C=O) groups excluding carboxylic acids is 2. The first-order chi connectivity index (χ1) is 13.7. The minimum atomic E-state index is -3.84. The number of rotatable bonds is 7. The largest absolute Gasteiger partial charge is 0.344 e. The Morgan fingerprint density at radius 1 is 1.07 bits per heavy atom. The molecule has 0 bridgehead atoms. The maximum atomic E-state index is 12.8. The lowest BCUT2D eigenvalue weighted by Gasteiger charge is -2.16. The zero-order valence-electron chi connectivity index (χ0n) is 16.0. The van der Waals surface area contributed by atoms with Crippen molar-refractivity contribution in [2.45, 2.75) is 37.6 Å². The summed E-state index contributed by atoms with van der Waals surface area (Å²) in [5.41, 5.74) is 1.31. The third-order valence-electron chi connectivity index (χ3n) is 4.54. The number of amides is 2. The molecule has 1 aliphatic rings. The van der Waals surface area contributed by atoms with E-state index in [4.69, 9.17) is 0 Å². The molecular formula is C20H22BrN3O4S. The summed E-state index contributed by atoms with van der Waals surface area (Å²) in [6.07, 6.45) is 1.70. The van der Waals surface area contributed by atoms with E-state index in [0.29, 0.717) is 16.9 Å². The zero-order chi connectivity index (χ0) is 21.2. The van der Waals surface area contributed by atoms with Crippen LogP contribution in [-0.2, 0) is 19.6 Å². The van der Waals surface area contributed by atoms with Crippen molar-refractivity contribution >= 4 is 49.1 Å². The highest BCUT2D eigenvalue weighted by Gasteiger charge is 2.31. The smallest absolute Gasteiger partial charge is 0.262 e. The number of sulfonamides is 1. The van der Waals surface area contributed by atoms with Gasteiger partial charge in [0.25, 0.3) is 10.0 Å². The first-order valence-electron chi connectivity index (χ1n) is 9.16. The quantitative estimate of drug-likeness (QED) is 0.565. The van der Waals surface area contributed by atoms with Gasteiger partial charge in [-0.3, -0.25) is 14.3 Å². The molecule has 0 heterocycles. The molecule has 1 aliphatic carbocycles. The van der Waals surface area contributed by atoms with Crippen LogP contribution in [0.2, 0.25) is 0 Å². The first kappa shape index (κ1) is 21.3. The summed E-state index contributed by atoms with van der Waals surface area (Å²) in [5, 5.41) is 5.34. The van der Waals surface area contributed by atoms with E-state index in [1.807, 2.05) is 0 Å². The number of hydrogen-bond donors (Lipinski definition) is 3. The minimum absolute atomic E-state index is 0.00561. The van der Waals surface area contributed by atoms with Gasteiger partial charge in [0.15, 0.2) is 0 Å². The molecule has 1 fully saturated rings. The van der Waals surface area contributed by atoms with Crippen molar-refractivity contribution in [1.82, 2.24) is 5.32 Å². The highest BCUT2D eigenvalue weighted by atomic mass is 79.9. The van der Waals surface area contributed by atoms with Gasteiger partial charge in [-0.2, -0.15) is 0 Å². The Labute approximate surface area is 178 Å². The highest BCUT2D eigenvalue weighted by molar-refractivity contribution is 9.10. The van der Waals surface area contributed by atoms with Crippen molar-refractivity contribution in [1.29, 1.82) is 0 Å². The molecule has 0 aliphatic heterocycles. The molecule has 29 heavy (non-hydrogen) atoms. The van der Waals surface area contributed by atoms with Crippen molar-refractivity contribution in [2.24, 2.45) is 5.92 Å². The summed E-state index contributed by atoms with van der Waals surface area (Å²) < 4.78 is 29.0. The second kappa shape index (κ2) is 8.54. The SMILES string of the molecule is Cc1ccc(NC(=O)C(C)NC(=O)C2CC2)cc1S(=O)(=O)Nc1ccc(Br)cc1. The predicted octanol–water partition coefficient (Wildman–Crippen LogP) is 3.41. The number of anilines is 2. The van der Waals surface area contributed by atoms with Crippen LogP contribution in [0.5, 0.6) is 0 Å². The molecule has 3 rings (SSSR count). The standard InChI is InChI=1S/C20H22BrN3O4S/c1-12-3-8-17(23-19(25)13(2)22-20(26)14-4-5-14)11-18(12)29(27,28)24-16-9-6-15(21)7-10-16/h3,6-11,13-14,24H,4-5H2,1-2H3,(H,22,26)(H,23,25). The summed E-state index contributed by atoms with van der Waals surface area (Å²) in [4.78, 5) is 24.2. The summed E-state index contributed by atoms with van der Waals surface area (Å²) >= 11 is 3.31. The van der Waals surface area contributed by atoms with E-state index >= 15 is 0 Å². The van der Waals surface area contributed by atoms with Gasteiger partial charge in [0.05, 0.1) is 4.90 Å². The lowest BCUT2D eigenvalue weighted by Crippen LogP contribution is -2.42. The summed E-state index contributed by atoms with van der Waals surface area (Å²) in [6.45, 7) is 3.27. The molecule has 2 aromatic carbocycles. The Hall–Kier alpha value is -2.39. The van der Waals surface area contributed by atoms with Crippen molar-refractivity contribution in [2.75, 3.05) is 10.0 Å². The minimum Gasteiger partial charge on any atom is -0.344 e. The van der Waals surface area contributed by atoms with Crippen molar-refractivity contribution in [3.05, 3.63) is 52.5 Å². The fourth-order valence-electron chi connectivity index (χ4n) is 2.69. The Kier molecular flexibility index (Phi) is 6.28. The highest BCUT2D eigenvalue weighted by Crippen LogP contribution is 2.29. The van der Waals surface area contributed by atoms with Crippen molar-refractivity contribution in [3.63, 3.8) is 0 Å². The van der Waals surface area contributed by atoms with Crippen molar-refractivity contribution in [3.8, 4) is 0 Å². The Balaban J connectivity index is 1.73. The van der Waals surface area contributed by atoms with E-state index < -0.39 is 22.0 Å². The molecule has 2 aromatic rings. The average Bonchev–Trinajstić information content (AvgIpc) is 3.50. The average molecular weight is 480 g/mol. The van der Waals surface area contributed by atoms with E-state index in [2.05, 4.69) is 31.3 Å². The normalized spacial score (nSPS) is 14.7. The van der Waals surface area contributed by atoms with Gasteiger partial charge in [-0.15, -0.1) is 0 Å². The summed E-state index contributed by atoms with van der Waals surface area (Å²) in [5.74, 6) is -0.531. The number of carbonyl (C=O) groups is 2. The number of hydrogen-bond acceptors (Lipinski definition) is 4. The van der Waals surface area contributed by atoms with Gasteiger partial charge in [-0.1, -0.05) is 22.0 Å². The predicted molar refractivity (Wildman–Crippen MR) is 115 cm³/mol. The van der Waals surface area contributed by atoms with E-state index in [1.165, 1.54) is 6.07 Å². The molecule has 3 N–H and O–H groups in total. The Morgan fingerprint density at radius 3 is 2.31 bits per heavy atom. The molecule has 9 heteroatoms. The fourth-order valence-corrected chi connectivity index (χ4v) is 4.28. The third-order valence-corrected chi connectivity index (χ3v) is 6.59. The van der Waals surface area contributed by atoms with Gasteiger partial charge in [0.1, 0.15) is 6.04 Å². The fraction of sp³-hybridized carbons (Fsp3) is 0.300. The Morgan fingerprint density at radius 2 is 1.69 bits per heavy atom. The van der Waals surface area contributed by atoms with Crippen LogP contribution in [0.1, 0.15) is 25.3 Å². The molecule has 0 radical (unpaired) electrons. The summed E-state index contributed by atoms with van der Waals surface area (Å²) in [7, 11) is -3.84. The van der Waals surface area contributed by atoms with Crippen LogP contribution in [0.3, 0.4) is 0 Å². The molecule has 154 valence electrons. The van der Waals surface area contributed by atoms with Crippen LogP contribution in [-0.4, -0.2) is 26.3 Å². The molecule has 1 atom stereocenters. The second-order valence-electron chi connectivity index (χ2n) is 7.09. The molecule has 7 nitrogen and oxygen atoms in total. The maximum absolute atomic E-state index is 12.8. The lowest BCUT2D eigenvalue weighted by atomic mass is 10.2. The number of aryl methyl sites for hydroxylation is 1. The van der Waals surface area contributed by atoms with Crippen LogP contribution in [0, 0.1) is 12.8 Å². The van der Waals surface area contributed by atoms with Gasteiger partial charge in [0.2, 0.25) is 11.8 Å². The van der Waals surface area contributed by atoms with Crippen LogP contribution in [0.4, 0.5) is 11.4 Å². The topological polar surface area (TPSA) is 104 Å². The molecule has 1 unspecified atom stereocenters. The van der Waals surface area contributed by atoms with Crippen LogP contribution < -0.4 is 15.4 Å². The van der Waals surface area contributed by atoms with Crippen LogP contribution in [0.25, 0.3) is 0 Å². The van der Waals surface area contributed by atoms with Gasteiger partial charge in [0, 0.05) is 21.8 Å². The number of benzene rings is 2.